The Morgan fingerprint density at radius 2 is 1.73 bits per heavy atom. The minimum atomic E-state index is -0.920. The molecule has 0 saturated heterocycles. The molecule has 4 heteroatoms. The highest BCUT2D eigenvalue weighted by Crippen LogP contribution is 2.38. The van der Waals surface area contributed by atoms with Gasteiger partial charge in [0.15, 0.2) is 0 Å². The maximum atomic E-state index is 10.4. The second-order valence-corrected chi connectivity index (χ2v) is 6.59. The van der Waals surface area contributed by atoms with Crippen LogP contribution >= 0.6 is 34.3 Å². The SMILES string of the molecule is Cc1ccc(C(C)(O)c2ccc(Cl)s2)s1. The fourth-order valence-electron chi connectivity index (χ4n) is 1.39. The highest BCUT2D eigenvalue weighted by molar-refractivity contribution is 7.16. The molecule has 1 atom stereocenters. The van der Waals surface area contributed by atoms with E-state index in [0.717, 1.165) is 9.75 Å². The van der Waals surface area contributed by atoms with Crippen molar-refractivity contribution in [1.82, 2.24) is 0 Å². The molecule has 2 rings (SSSR count). The summed E-state index contributed by atoms with van der Waals surface area (Å²) < 4.78 is 0.707. The molecule has 0 bridgehead atoms. The summed E-state index contributed by atoms with van der Waals surface area (Å²) in [5.41, 5.74) is -0.920. The highest BCUT2D eigenvalue weighted by atomic mass is 35.5. The topological polar surface area (TPSA) is 20.2 Å². The van der Waals surface area contributed by atoms with Crippen molar-refractivity contribution in [3.05, 3.63) is 43.2 Å². The molecule has 0 saturated carbocycles. The molecule has 0 aliphatic heterocycles. The lowest BCUT2D eigenvalue weighted by Crippen LogP contribution is -2.19. The van der Waals surface area contributed by atoms with Crippen LogP contribution < -0.4 is 0 Å². The van der Waals surface area contributed by atoms with Crippen molar-refractivity contribution >= 4 is 34.3 Å². The molecule has 0 fully saturated rings. The molecule has 2 aromatic heterocycles. The number of halogens is 1. The van der Waals surface area contributed by atoms with Gasteiger partial charge in [0.05, 0.1) is 4.34 Å². The smallest absolute Gasteiger partial charge is 0.130 e. The van der Waals surface area contributed by atoms with E-state index in [2.05, 4.69) is 0 Å². The summed E-state index contributed by atoms with van der Waals surface area (Å²) >= 11 is 8.90. The van der Waals surface area contributed by atoms with Crippen LogP contribution in [0.15, 0.2) is 24.3 Å². The summed E-state index contributed by atoms with van der Waals surface area (Å²) in [4.78, 5) is 3.04. The van der Waals surface area contributed by atoms with Gasteiger partial charge in [-0.15, -0.1) is 22.7 Å². The minimum absolute atomic E-state index is 0.707. The van der Waals surface area contributed by atoms with Gasteiger partial charge in [-0.25, -0.2) is 0 Å². The summed E-state index contributed by atoms with van der Waals surface area (Å²) in [7, 11) is 0. The zero-order valence-corrected chi connectivity index (χ0v) is 10.8. The second-order valence-electron chi connectivity index (χ2n) is 3.59. The number of hydrogen-bond acceptors (Lipinski definition) is 3. The maximum absolute atomic E-state index is 10.4. The molecule has 15 heavy (non-hydrogen) atoms. The standard InChI is InChI=1S/C11H11ClOS2/c1-7-3-4-8(14-7)11(2,13)9-5-6-10(12)15-9/h3-6,13H,1-2H3. The molecule has 0 aliphatic carbocycles. The van der Waals surface area contributed by atoms with E-state index in [1.165, 1.54) is 16.2 Å². The Kier molecular flexibility index (Phi) is 2.90. The van der Waals surface area contributed by atoms with E-state index in [1.807, 2.05) is 31.2 Å². The van der Waals surface area contributed by atoms with Gasteiger partial charge in [-0.05, 0) is 38.1 Å². The molecule has 1 unspecified atom stereocenters. The summed E-state index contributed by atoms with van der Waals surface area (Å²) in [5.74, 6) is 0. The number of hydrogen-bond donors (Lipinski definition) is 1. The normalized spacial score (nSPS) is 15.2. The number of aliphatic hydroxyl groups is 1. The summed E-state index contributed by atoms with van der Waals surface area (Å²) in [5, 5.41) is 10.4. The van der Waals surface area contributed by atoms with E-state index in [9.17, 15) is 5.11 Å². The highest BCUT2D eigenvalue weighted by Gasteiger charge is 2.28. The predicted molar refractivity (Wildman–Crippen MR) is 67.1 cm³/mol. The Morgan fingerprint density at radius 1 is 1.13 bits per heavy atom. The van der Waals surface area contributed by atoms with Gasteiger partial charge in [0.1, 0.15) is 5.60 Å². The first kappa shape index (κ1) is 11.1. The molecule has 0 aliphatic rings. The fourth-order valence-corrected chi connectivity index (χ4v) is 3.49. The Balaban J connectivity index is 2.42. The van der Waals surface area contributed by atoms with Gasteiger partial charge in [0, 0.05) is 14.6 Å². The molecule has 0 radical (unpaired) electrons. The van der Waals surface area contributed by atoms with E-state index in [-0.39, 0.29) is 0 Å². The molecule has 1 nitrogen and oxygen atoms in total. The lowest BCUT2D eigenvalue weighted by Gasteiger charge is -2.19. The van der Waals surface area contributed by atoms with Gasteiger partial charge in [-0.2, -0.15) is 0 Å². The van der Waals surface area contributed by atoms with Gasteiger partial charge in [-0.1, -0.05) is 11.6 Å². The third-order valence-corrected chi connectivity index (χ3v) is 4.93. The quantitative estimate of drug-likeness (QED) is 0.862. The Bertz CT molecular complexity index is 428. The first-order valence-electron chi connectivity index (χ1n) is 4.55. The Morgan fingerprint density at radius 3 is 2.20 bits per heavy atom. The molecule has 0 spiro atoms. The fraction of sp³-hybridized carbons (Fsp3) is 0.273. The largest absolute Gasteiger partial charge is 0.379 e. The van der Waals surface area contributed by atoms with Crippen LogP contribution in [0.4, 0.5) is 0 Å². The predicted octanol–water partition coefficient (Wildman–Crippen LogP) is 4.03. The third-order valence-electron chi connectivity index (χ3n) is 2.27. The van der Waals surface area contributed by atoms with Crippen LogP contribution in [0.5, 0.6) is 0 Å². The zero-order valence-electron chi connectivity index (χ0n) is 8.45. The third kappa shape index (κ3) is 2.11. The maximum Gasteiger partial charge on any atom is 0.130 e. The van der Waals surface area contributed by atoms with Gasteiger partial charge < -0.3 is 5.11 Å². The van der Waals surface area contributed by atoms with Gasteiger partial charge in [0.2, 0.25) is 0 Å². The van der Waals surface area contributed by atoms with Crippen LogP contribution in [0.2, 0.25) is 4.34 Å². The van der Waals surface area contributed by atoms with Crippen LogP contribution in [0, 0.1) is 6.92 Å². The average Bonchev–Trinajstić information content (AvgIpc) is 2.74. The number of rotatable bonds is 2. The number of thiophene rings is 2. The summed E-state index contributed by atoms with van der Waals surface area (Å²) in [6.07, 6.45) is 0. The van der Waals surface area contributed by atoms with Crippen molar-refractivity contribution in [2.45, 2.75) is 19.4 Å². The average molecular weight is 259 g/mol. The minimum Gasteiger partial charge on any atom is -0.379 e. The van der Waals surface area contributed by atoms with Crippen molar-refractivity contribution in [1.29, 1.82) is 0 Å². The number of aryl methyl sites for hydroxylation is 1. The van der Waals surface area contributed by atoms with Crippen molar-refractivity contribution in [2.75, 3.05) is 0 Å². The molecular formula is C11H11ClOS2. The van der Waals surface area contributed by atoms with E-state index in [4.69, 9.17) is 11.6 Å². The molecule has 2 aromatic rings. The van der Waals surface area contributed by atoms with Crippen molar-refractivity contribution in [2.24, 2.45) is 0 Å². The van der Waals surface area contributed by atoms with Crippen LogP contribution in [0.1, 0.15) is 21.6 Å². The summed E-state index contributed by atoms with van der Waals surface area (Å²) in [6.45, 7) is 3.84. The second kappa shape index (κ2) is 3.91. The molecule has 0 aromatic carbocycles. The Labute approximate surface area is 102 Å². The van der Waals surface area contributed by atoms with Crippen LogP contribution in [-0.4, -0.2) is 5.11 Å². The van der Waals surface area contributed by atoms with Crippen LogP contribution in [0.3, 0.4) is 0 Å². The molecule has 0 amide bonds. The zero-order chi connectivity index (χ0) is 11.1. The summed E-state index contributed by atoms with van der Waals surface area (Å²) in [6, 6.07) is 7.68. The van der Waals surface area contributed by atoms with Crippen molar-refractivity contribution < 1.29 is 5.11 Å². The van der Waals surface area contributed by atoms with E-state index in [0.29, 0.717) is 4.34 Å². The first-order chi connectivity index (χ1) is 7.00. The first-order valence-corrected chi connectivity index (χ1v) is 6.56. The molecular weight excluding hydrogens is 248 g/mol. The van der Waals surface area contributed by atoms with Gasteiger partial charge >= 0.3 is 0 Å². The molecule has 1 N–H and O–H groups in total. The lowest BCUT2D eigenvalue weighted by atomic mass is 10.0. The van der Waals surface area contributed by atoms with Crippen molar-refractivity contribution in [3.63, 3.8) is 0 Å². The van der Waals surface area contributed by atoms with Gasteiger partial charge in [0.25, 0.3) is 0 Å². The molecule has 80 valence electrons. The van der Waals surface area contributed by atoms with E-state index < -0.39 is 5.60 Å². The molecule has 2 heterocycles. The van der Waals surface area contributed by atoms with Crippen molar-refractivity contribution in [3.8, 4) is 0 Å². The Hall–Kier alpha value is -0.350. The van der Waals surface area contributed by atoms with E-state index >= 15 is 0 Å². The van der Waals surface area contributed by atoms with Gasteiger partial charge in [-0.3, -0.25) is 0 Å². The van der Waals surface area contributed by atoms with Crippen LogP contribution in [0.25, 0.3) is 0 Å². The van der Waals surface area contributed by atoms with E-state index in [1.54, 1.807) is 18.3 Å². The van der Waals surface area contributed by atoms with Crippen LogP contribution in [-0.2, 0) is 5.60 Å². The lowest BCUT2D eigenvalue weighted by molar-refractivity contribution is 0.110. The monoisotopic (exact) mass is 258 g/mol.